The first-order chi connectivity index (χ1) is 8.95. The highest BCUT2D eigenvalue weighted by Crippen LogP contribution is 2.21. The number of amides is 1. The average molecular weight is 265 g/mol. The maximum absolute atomic E-state index is 11.2. The first-order valence-corrected chi connectivity index (χ1v) is 6.19. The Hall–Kier alpha value is -2.11. The fourth-order valence-electron chi connectivity index (χ4n) is 1.79. The summed E-state index contributed by atoms with van der Waals surface area (Å²) in [5, 5.41) is 9.18. The van der Waals surface area contributed by atoms with Crippen molar-refractivity contribution in [2.45, 2.75) is 26.7 Å². The molecule has 104 valence electrons. The second kappa shape index (κ2) is 6.72. The molecule has 0 aromatic carbocycles. The van der Waals surface area contributed by atoms with Gasteiger partial charge >= 0.3 is 5.97 Å². The van der Waals surface area contributed by atoms with Crippen LogP contribution >= 0.6 is 0 Å². The molecule has 0 atom stereocenters. The van der Waals surface area contributed by atoms with Gasteiger partial charge in [-0.05, 0) is 19.4 Å². The fourth-order valence-corrected chi connectivity index (χ4v) is 1.79. The maximum Gasteiger partial charge on any atom is 0.339 e. The lowest BCUT2D eigenvalue weighted by Gasteiger charge is -2.24. The molecule has 0 saturated heterocycles. The van der Waals surface area contributed by atoms with Crippen molar-refractivity contribution in [3.63, 3.8) is 0 Å². The summed E-state index contributed by atoms with van der Waals surface area (Å²) in [6.07, 6.45) is 3.11. The molecule has 1 aromatic heterocycles. The van der Waals surface area contributed by atoms with E-state index in [-0.39, 0.29) is 12.1 Å². The number of aryl methyl sites for hydroxylation is 1. The van der Waals surface area contributed by atoms with E-state index < -0.39 is 11.9 Å². The van der Waals surface area contributed by atoms with E-state index >= 15 is 0 Å². The van der Waals surface area contributed by atoms with Crippen molar-refractivity contribution < 1.29 is 14.7 Å². The van der Waals surface area contributed by atoms with Crippen molar-refractivity contribution >= 4 is 17.6 Å². The van der Waals surface area contributed by atoms with Crippen LogP contribution in [0.2, 0.25) is 0 Å². The van der Waals surface area contributed by atoms with Crippen LogP contribution in [0.5, 0.6) is 0 Å². The van der Waals surface area contributed by atoms with Crippen LogP contribution in [0.1, 0.15) is 35.8 Å². The van der Waals surface area contributed by atoms with E-state index in [1.54, 1.807) is 17.9 Å². The van der Waals surface area contributed by atoms with Gasteiger partial charge in [-0.3, -0.25) is 9.78 Å². The monoisotopic (exact) mass is 265 g/mol. The van der Waals surface area contributed by atoms with E-state index in [0.717, 1.165) is 12.8 Å². The van der Waals surface area contributed by atoms with Crippen LogP contribution in [-0.2, 0) is 4.79 Å². The summed E-state index contributed by atoms with van der Waals surface area (Å²) in [5.41, 5.74) is 6.50. The third kappa shape index (κ3) is 4.24. The number of aromatic nitrogens is 1. The second-order valence-corrected chi connectivity index (χ2v) is 4.39. The Morgan fingerprint density at radius 2 is 2.16 bits per heavy atom. The van der Waals surface area contributed by atoms with E-state index in [0.29, 0.717) is 17.9 Å². The summed E-state index contributed by atoms with van der Waals surface area (Å²) in [5.74, 6) is -1.55. The zero-order valence-electron chi connectivity index (χ0n) is 11.2. The molecule has 1 rings (SSSR count). The van der Waals surface area contributed by atoms with Gasteiger partial charge in [0.15, 0.2) is 0 Å². The number of carbonyl (C=O) groups excluding carboxylic acids is 1. The van der Waals surface area contributed by atoms with Crippen molar-refractivity contribution in [3.05, 3.63) is 23.5 Å². The Morgan fingerprint density at radius 1 is 1.47 bits per heavy atom. The minimum Gasteiger partial charge on any atom is -0.478 e. The Bertz CT molecular complexity index is 474. The number of carboxylic acid groups (broad SMARTS) is 1. The van der Waals surface area contributed by atoms with Gasteiger partial charge in [0.05, 0.1) is 12.2 Å². The Balaban J connectivity index is 3.14. The normalized spacial score (nSPS) is 10.2. The fraction of sp³-hybridized carbons (Fsp3) is 0.462. The van der Waals surface area contributed by atoms with Gasteiger partial charge < -0.3 is 15.7 Å². The Kier molecular flexibility index (Phi) is 5.29. The molecule has 0 bridgehead atoms. The number of hydrogen-bond acceptors (Lipinski definition) is 4. The van der Waals surface area contributed by atoms with Gasteiger partial charge in [0.25, 0.3) is 0 Å². The lowest BCUT2D eigenvalue weighted by Crippen LogP contribution is -2.35. The second-order valence-electron chi connectivity index (χ2n) is 4.39. The van der Waals surface area contributed by atoms with Crippen molar-refractivity contribution in [1.29, 1.82) is 0 Å². The van der Waals surface area contributed by atoms with Crippen molar-refractivity contribution in [3.8, 4) is 0 Å². The number of aromatic carboxylic acids is 1. The highest BCUT2D eigenvalue weighted by atomic mass is 16.4. The zero-order valence-corrected chi connectivity index (χ0v) is 11.2. The van der Waals surface area contributed by atoms with Gasteiger partial charge in [-0.25, -0.2) is 4.79 Å². The number of nitrogens with zero attached hydrogens (tertiary/aromatic N) is 2. The molecule has 0 saturated carbocycles. The van der Waals surface area contributed by atoms with Crippen LogP contribution in [0.25, 0.3) is 0 Å². The first kappa shape index (κ1) is 14.9. The summed E-state index contributed by atoms with van der Waals surface area (Å²) >= 11 is 0. The standard InChI is InChI=1S/C13H19N3O3/c1-3-4-5-16(8-12(14)17)11-6-9(2)15-7-10(11)13(18)19/h6-7H,3-5,8H2,1-2H3,(H2,14,17)(H,18,19). The number of rotatable bonds is 7. The summed E-state index contributed by atoms with van der Waals surface area (Å²) in [6, 6.07) is 1.67. The van der Waals surface area contributed by atoms with Crippen LogP contribution in [0, 0.1) is 6.92 Å². The first-order valence-electron chi connectivity index (χ1n) is 6.19. The van der Waals surface area contributed by atoms with Crippen LogP contribution in [0.3, 0.4) is 0 Å². The summed E-state index contributed by atoms with van der Waals surface area (Å²) in [6.45, 7) is 4.39. The zero-order chi connectivity index (χ0) is 14.4. The number of primary amides is 1. The van der Waals surface area contributed by atoms with Gasteiger partial charge in [-0.2, -0.15) is 0 Å². The molecule has 0 fully saturated rings. The third-order valence-corrected chi connectivity index (χ3v) is 2.72. The highest BCUT2D eigenvalue weighted by molar-refractivity contribution is 5.95. The van der Waals surface area contributed by atoms with Crippen molar-refractivity contribution in [2.75, 3.05) is 18.0 Å². The van der Waals surface area contributed by atoms with Gasteiger partial charge in [0, 0.05) is 18.4 Å². The number of nitrogens with two attached hydrogens (primary N) is 1. The molecular formula is C13H19N3O3. The van der Waals surface area contributed by atoms with Crippen LogP contribution < -0.4 is 10.6 Å². The molecule has 0 radical (unpaired) electrons. The Labute approximate surface area is 112 Å². The lowest BCUT2D eigenvalue weighted by molar-refractivity contribution is -0.116. The Morgan fingerprint density at radius 3 is 2.68 bits per heavy atom. The average Bonchev–Trinajstić information content (AvgIpc) is 2.33. The van der Waals surface area contributed by atoms with Crippen LogP contribution in [-0.4, -0.2) is 35.1 Å². The molecule has 3 N–H and O–H groups in total. The van der Waals surface area contributed by atoms with E-state index in [2.05, 4.69) is 4.98 Å². The number of unbranched alkanes of at least 4 members (excludes halogenated alkanes) is 1. The van der Waals surface area contributed by atoms with Crippen molar-refractivity contribution in [1.82, 2.24) is 4.98 Å². The van der Waals surface area contributed by atoms with Gasteiger partial charge in [-0.15, -0.1) is 0 Å². The number of carboxylic acids is 1. The molecule has 0 spiro atoms. The van der Waals surface area contributed by atoms with Crippen LogP contribution in [0.15, 0.2) is 12.3 Å². The molecule has 1 heterocycles. The molecule has 6 nitrogen and oxygen atoms in total. The third-order valence-electron chi connectivity index (χ3n) is 2.72. The smallest absolute Gasteiger partial charge is 0.339 e. The molecule has 19 heavy (non-hydrogen) atoms. The van der Waals surface area contributed by atoms with E-state index in [4.69, 9.17) is 5.73 Å². The van der Waals surface area contributed by atoms with Gasteiger partial charge in [0.2, 0.25) is 5.91 Å². The molecule has 0 aliphatic carbocycles. The molecule has 0 unspecified atom stereocenters. The van der Waals surface area contributed by atoms with Crippen LogP contribution in [0.4, 0.5) is 5.69 Å². The summed E-state index contributed by atoms with van der Waals surface area (Å²) < 4.78 is 0. The minimum absolute atomic E-state index is 0.00370. The molecule has 0 aliphatic heterocycles. The molecule has 1 aromatic rings. The molecule has 0 aliphatic rings. The van der Waals surface area contributed by atoms with Gasteiger partial charge in [-0.1, -0.05) is 13.3 Å². The summed E-state index contributed by atoms with van der Waals surface area (Å²) in [4.78, 5) is 28.0. The molecule has 1 amide bonds. The number of pyridine rings is 1. The maximum atomic E-state index is 11.2. The quantitative estimate of drug-likeness (QED) is 0.771. The minimum atomic E-state index is -1.06. The van der Waals surface area contributed by atoms with Gasteiger partial charge in [0.1, 0.15) is 5.56 Å². The number of carbonyl (C=O) groups is 2. The highest BCUT2D eigenvalue weighted by Gasteiger charge is 2.18. The predicted octanol–water partition coefficient (Wildman–Crippen LogP) is 1.18. The van der Waals surface area contributed by atoms with E-state index in [1.165, 1.54) is 6.20 Å². The number of anilines is 1. The van der Waals surface area contributed by atoms with E-state index in [1.807, 2.05) is 6.92 Å². The summed E-state index contributed by atoms with van der Waals surface area (Å²) in [7, 11) is 0. The van der Waals surface area contributed by atoms with Crippen molar-refractivity contribution in [2.24, 2.45) is 5.73 Å². The molecular weight excluding hydrogens is 246 g/mol. The van der Waals surface area contributed by atoms with E-state index in [9.17, 15) is 14.7 Å². The molecule has 6 heteroatoms. The number of hydrogen-bond donors (Lipinski definition) is 2. The largest absolute Gasteiger partial charge is 0.478 e. The SMILES string of the molecule is CCCCN(CC(N)=O)c1cc(C)ncc1C(=O)O. The predicted molar refractivity (Wildman–Crippen MR) is 72.2 cm³/mol. The topological polar surface area (TPSA) is 96.5 Å². The lowest BCUT2D eigenvalue weighted by atomic mass is 10.1.